The number of aryl methyl sites for hydroxylation is 1. The van der Waals surface area contributed by atoms with E-state index >= 15 is 0 Å². The Balaban J connectivity index is 1.75. The predicted molar refractivity (Wildman–Crippen MR) is 125 cm³/mol. The summed E-state index contributed by atoms with van der Waals surface area (Å²) < 4.78 is 53.7. The molecule has 0 spiro atoms. The number of methoxy groups -OCH3 is 1. The largest absolute Gasteiger partial charge is 0.573 e. The number of benzene rings is 3. The maximum atomic E-state index is 12.9. The second kappa shape index (κ2) is 11.1. The Morgan fingerprint density at radius 3 is 2.43 bits per heavy atom. The topological polar surface area (TPSA) is 77.0 Å². The van der Waals surface area contributed by atoms with Crippen LogP contribution in [0.15, 0.2) is 60.7 Å². The van der Waals surface area contributed by atoms with E-state index in [1.807, 2.05) is 31.2 Å². The van der Waals surface area contributed by atoms with Crippen molar-refractivity contribution in [1.82, 2.24) is 5.32 Å². The lowest BCUT2D eigenvalue weighted by atomic mass is 9.99. The van der Waals surface area contributed by atoms with E-state index in [2.05, 4.69) is 10.1 Å². The van der Waals surface area contributed by atoms with Crippen LogP contribution in [0, 0.1) is 6.92 Å². The molecule has 186 valence electrons. The van der Waals surface area contributed by atoms with Gasteiger partial charge in [0.2, 0.25) is 0 Å². The van der Waals surface area contributed by atoms with Crippen LogP contribution >= 0.6 is 0 Å². The number of ether oxygens (including phenoxy) is 3. The maximum Gasteiger partial charge on any atom is 0.573 e. The number of alkyl halides is 3. The van der Waals surface area contributed by atoms with Crippen molar-refractivity contribution in [2.24, 2.45) is 0 Å². The van der Waals surface area contributed by atoms with Crippen molar-refractivity contribution in [2.75, 3.05) is 20.3 Å². The molecular weight excluding hydrogens is 463 g/mol. The molecule has 0 heterocycles. The summed E-state index contributed by atoms with van der Waals surface area (Å²) in [4.78, 5) is 11.5. The standard InChI is InChI=1S/C26H26F3NO5/c1-16-7-8-19(14-24(16)25(31)32)20-12-22(15-23(13-20)35-26(27,28)29)34-10-9-30-17(2)18-5-4-6-21(11-18)33-3/h4-8,11-15,17,30H,9-10H2,1-3H3,(H,31,32). The Bertz CT molecular complexity index is 1180. The van der Waals surface area contributed by atoms with E-state index in [-0.39, 0.29) is 24.0 Å². The molecule has 0 aromatic heterocycles. The van der Waals surface area contributed by atoms with Gasteiger partial charge in [-0.15, -0.1) is 13.2 Å². The molecular formula is C26H26F3NO5. The van der Waals surface area contributed by atoms with Crippen LogP contribution in [-0.4, -0.2) is 37.7 Å². The van der Waals surface area contributed by atoms with Gasteiger partial charge in [0.15, 0.2) is 0 Å². The second-order valence-corrected chi connectivity index (χ2v) is 7.88. The first-order chi connectivity index (χ1) is 16.6. The molecule has 3 aromatic rings. The van der Waals surface area contributed by atoms with Gasteiger partial charge in [-0.1, -0.05) is 24.3 Å². The highest BCUT2D eigenvalue weighted by Crippen LogP contribution is 2.33. The van der Waals surface area contributed by atoms with Crippen LogP contribution in [0.3, 0.4) is 0 Å². The van der Waals surface area contributed by atoms with Crippen LogP contribution in [0.1, 0.15) is 34.5 Å². The predicted octanol–water partition coefficient (Wildman–Crippen LogP) is 6.00. The number of hydrogen-bond donors (Lipinski definition) is 2. The lowest BCUT2D eigenvalue weighted by molar-refractivity contribution is -0.274. The SMILES string of the molecule is COc1cccc(C(C)NCCOc2cc(OC(F)(F)F)cc(-c3ccc(C)c(C(=O)O)c3)c2)c1. The third kappa shape index (κ3) is 7.38. The van der Waals surface area contributed by atoms with E-state index in [0.29, 0.717) is 23.2 Å². The van der Waals surface area contributed by atoms with Crippen molar-refractivity contribution in [2.45, 2.75) is 26.3 Å². The fraction of sp³-hybridized carbons (Fsp3) is 0.269. The summed E-state index contributed by atoms with van der Waals surface area (Å²) in [6.07, 6.45) is -4.89. The molecule has 0 aliphatic carbocycles. The molecule has 0 saturated heterocycles. The Morgan fingerprint density at radius 2 is 1.74 bits per heavy atom. The van der Waals surface area contributed by atoms with Gasteiger partial charge >= 0.3 is 12.3 Å². The molecule has 0 bridgehead atoms. The Morgan fingerprint density at radius 1 is 1.00 bits per heavy atom. The third-order valence-electron chi connectivity index (χ3n) is 5.33. The average Bonchev–Trinajstić information content (AvgIpc) is 2.80. The fourth-order valence-electron chi connectivity index (χ4n) is 3.52. The summed E-state index contributed by atoms with van der Waals surface area (Å²) in [5.41, 5.74) is 2.37. The highest BCUT2D eigenvalue weighted by atomic mass is 19.4. The summed E-state index contributed by atoms with van der Waals surface area (Å²) in [7, 11) is 1.59. The van der Waals surface area contributed by atoms with Crippen molar-refractivity contribution in [3.63, 3.8) is 0 Å². The van der Waals surface area contributed by atoms with Gasteiger partial charge in [0.05, 0.1) is 12.7 Å². The van der Waals surface area contributed by atoms with Crippen LogP contribution in [0.25, 0.3) is 11.1 Å². The minimum Gasteiger partial charge on any atom is -0.497 e. The number of rotatable bonds is 10. The molecule has 0 aliphatic rings. The van der Waals surface area contributed by atoms with Crippen molar-refractivity contribution < 1.29 is 37.3 Å². The third-order valence-corrected chi connectivity index (χ3v) is 5.33. The highest BCUT2D eigenvalue weighted by Gasteiger charge is 2.31. The Hall–Kier alpha value is -3.72. The van der Waals surface area contributed by atoms with E-state index < -0.39 is 18.1 Å². The molecule has 0 amide bonds. The molecule has 0 radical (unpaired) electrons. The molecule has 6 nitrogen and oxygen atoms in total. The molecule has 9 heteroatoms. The van der Waals surface area contributed by atoms with Gasteiger partial charge in [-0.05, 0) is 66.4 Å². The van der Waals surface area contributed by atoms with E-state index in [4.69, 9.17) is 9.47 Å². The smallest absolute Gasteiger partial charge is 0.497 e. The van der Waals surface area contributed by atoms with Crippen LogP contribution in [0.4, 0.5) is 13.2 Å². The number of aromatic carboxylic acids is 1. The van der Waals surface area contributed by atoms with Crippen molar-refractivity contribution in [1.29, 1.82) is 0 Å². The van der Waals surface area contributed by atoms with Gasteiger partial charge in [0.1, 0.15) is 23.9 Å². The molecule has 3 rings (SSSR count). The number of halogens is 3. The van der Waals surface area contributed by atoms with Crippen LogP contribution in [0.5, 0.6) is 17.2 Å². The van der Waals surface area contributed by atoms with Crippen LogP contribution in [-0.2, 0) is 0 Å². The first kappa shape index (κ1) is 25.9. The molecule has 2 N–H and O–H groups in total. The minimum atomic E-state index is -4.89. The Labute approximate surface area is 201 Å². The lowest BCUT2D eigenvalue weighted by Crippen LogP contribution is -2.24. The van der Waals surface area contributed by atoms with Gasteiger partial charge in [-0.2, -0.15) is 0 Å². The number of carboxylic acids is 1. The van der Waals surface area contributed by atoms with E-state index in [1.54, 1.807) is 32.2 Å². The van der Waals surface area contributed by atoms with Crippen molar-refractivity contribution >= 4 is 5.97 Å². The van der Waals surface area contributed by atoms with Gasteiger partial charge in [0.25, 0.3) is 0 Å². The highest BCUT2D eigenvalue weighted by molar-refractivity contribution is 5.91. The summed E-state index contributed by atoms with van der Waals surface area (Å²) in [6.45, 7) is 4.22. The number of carboxylic acid groups (broad SMARTS) is 1. The number of carbonyl (C=O) groups is 1. The van der Waals surface area contributed by atoms with Gasteiger partial charge in [-0.3, -0.25) is 0 Å². The quantitative estimate of drug-likeness (QED) is 0.341. The van der Waals surface area contributed by atoms with Crippen LogP contribution < -0.4 is 19.5 Å². The molecule has 0 saturated carbocycles. The number of hydrogen-bond acceptors (Lipinski definition) is 5. The molecule has 1 unspecified atom stereocenters. The first-order valence-corrected chi connectivity index (χ1v) is 10.8. The molecule has 1 atom stereocenters. The summed E-state index contributed by atoms with van der Waals surface area (Å²) in [6, 6.07) is 16.1. The summed E-state index contributed by atoms with van der Waals surface area (Å²) in [5.74, 6) is -0.682. The summed E-state index contributed by atoms with van der Waals surface area (Å²) in [5, 5.41) is 12.7. The number of nitrogens with one attached hydrogen (secondary N) is 1. The van der Waals surface area contributed by atoms with Crippen LogP contribution in [0.2, 0.25) is 0 Å². The zero-order valence-corrected chi connectivity index (χ0v) is 19.5. The molecule has 3 aromatic carbocycles. The zero-order valence-electron chi connectivity index (χ0n) is 19.5. The average molecular weight is 489 g/mol. The molecule has 0 fully saturated rings. The van der Waals surface area contributed by atoms with Crippen molar-refractivity contribution in [3.8, 4) is 28.4 Å². The minimum absolute atomic E-state index is 0.00819. The Kier molecular flexibility index (Phi) is 8.24. The fourth-order valence-corrected chi connectivity index (χ4v) is 3.52. The normalized spacial score (nSPS) is 12.2. The van der Waals surface area contributed by atoms with Gasteiger partial charge < -0.3 is 24.6 Å². The lowest BCUT2D eigenvalue weighted by Gasteiger charge is -2.17. The van der Waals surface area contributed by atoms with E-state index in [1.165, 1.54) is 12.1 Å². The van der Waals surface area contributed by atoms with Crippen molar-refractivity contribution in [3.05, 3.63) is 77.4 Å². The molecule has 0 aliphatic heterocycles. The maximum absolute atomic E-state index is 12.9. The van der Waals surface area contributed by atoms with Gasteiger partial charge in [-0.25, -0.2) is 4.79 Å². The van der Waals surface area contributed by atoms with E-state index in [0.717, 1.165) is 17.4 Å². The molecule has 35 heavy (non-hydrogen) atoms. The van der Waals surface area contributed by atoms with Gasteiger partial charge in [0, 0.05) is 18.7 Å². The summed E-state index contributed by atoms with van der Waals surface area (Å²) >= 11 is 0. The first-order valence-electron chi connectivity index (χ1n) is 10.8. The van der Waals surface area contributed by atoms with E-state index in [9.17, 15) is 23.1 Å². The zero-order chi connectivity index (χ0) is 25.6. The second-order valence-electron chi connectivity index (χ2n) is 7.88. The monoisotopic (exact) mass is 489 g/mol.